The molecular formula is C15H14Cl2F3N3O3. The second-order valence-electron chi connectivity index (χ2n) is 5.07. The van der Waals surface area contributed by atoms with E-state index in [0.29, 0.717) is 10.2 Å². The number of halogens is 5. The molecule has 0 bridgehead atoms. The van der Waals surface area contributed by atoms with Gasteiger partial charge < -0.3 is 4.79 Å². The Morgan fingerprint density at radius 3 is 2.38 bits per heavy atom. The maximum atomic E-state index is 14.2. The average molecular weight is 412 g/mol. The third-order valence-corrected chi connectivity index (χ3v) is 4.17. The van der Waals surface area contributed by atoms with Crippen molar-refractivity contribution in [3.63, 3.8) is 0 Å². The zero-order valence-corrected chi connectivity index (χ0v) is 15.2. The molecule has 142 valence electrons. The number of carbonyl (C=O) groups is 2. The van der Waals surface area contributed by atoms with Gasteiger partial charge in [-0.15, -0.1) is 16.7 Å². The van der Waals surface area contributed by atoms with Gasteiger partial charge in [-0.3, -0.25) is 4.79 Å². The molecule has 0 N–H and O–H groups in total. The fraction of sp³-hybridized carbons (Fsp3) is 0.333. The van der Waals surface area contributed by atoms with Crippen molar-refractivity contribution in [1.82, 2.24) is 14.3 Å². The van der Waals surface area contributed by atoms with Crippen LogP contribution in [-0.4, -0.2) is 32.3 Å². The molecule has 2 rings (SSSR count). The van der Waals surface area contributed by atoms with Gasteiger partial charge in [-0.05, 0) is 38.0 Å². The first-order chi connectivity index (χ1) is 12.1. The van der Waals surface area contributed by atoms with E-state index < -0.39 is 23.4 Å². The van der Waals surface area contributed by atoms with E-state index in [4.69, 9.17) is 28.0 Å². The molecule has 6 nitrogen and oxygen atoms in total. The molecule has 0 saturated heterocycles. The Bertz CT molecular complexity index is 868. The molecule has 2 aromatic rings. The predicted octanol–water partition coefficient (Wildman–Crippen LogP) is 3.08. The fourth-order valence-corrected chi connectivity index (χ4v) is 2.49. The van der Waals surface area contributed by atoms with Crippen LogP contribution in [0.1, 0.15) is 24.9 Å². The molecule has 1 aromatic carbocycles. The number of nitrogens with zero attached hydrogens (tertiary/aromatic N) is 3. The summed E-state index contributed by atoms with van der Waals surface area (Å²) in [6.07, 6.45) is -0.00765. The number of alkyl halides is 3. The van der Waals surface area contributed by atoms with Crippen molar-refractivity contribution < 1.29 is 22.8 Å². The first-order valence-corrected chi connectivity index (χ1v) is 7.83. The van der Waals surface area contributed by atoms with Crippen LogP contribution in [-0.2, 0) is 16.0 Å². The molecule has 0 radical (unpaired) electrons. The van der Waals surface area contributed by atoms with Crippen molar-refractivity contribution >= 4 is 35.8 Å². The molecule has 1 unspecified atom stereocenters. The molecule has 0 aliphatic carbocycles. The first kappa shape index (κ1) is 21.9. The summed E-state index contributed by atoms with van der Waals surface area (Å²) in [7, 11) is 0. The Morgan fingerprint density at radius 2 is 1.92 bits per heavy atom. The van der Waals surface area contributed by atoms with Crippen LogP contribution < -0.4 is 5.69 Å². The van der Waals surface area contributed by atoms with E-state index in [1.165, 1.54) is 19.9 Å². The molecule has 1 aromatic heterocycles. The van der Waals surface area contributed by atoms with Crippen molar-refractivity contribution in [3.8, 4) is 5.69 Å². The molecule has 1 heterocycles. The molecule has 11 heteroatoms. The van der Waals surface area contributed by atoms with Crippen LogP contribution in [0.4, 0.5) is 13.2 Å². The third kappa shape index (κ3) is 4.53. The van der Waals surface area contributed by atoms with Crippen molar-refractivity contribution in [2.24, 2.45) is 0 Å². The van der Waals surface area contributed by atoms with E-state index in [-0.39, 0.29) is 33.3 Å². The fourth-order valence-electron chi connectivity index (χ4n) is 2.09. The zero-order chi connectivity index (χ0) is 20.2. The van der Waals surface area contributed by atoms with Crippen LogP contribution >= 0.6 is 23.2 Å². The lowest BCUT2D eigenvalue weighted by Gasteiger charge is -2.10. The Morgan fingerprint density at radius 1 is 1.35 bits per heavy atom. The molecule has 0 aliphatic rings. The highest BCUT2D eigenvalue weighted by molar-refractivity contribution is 6.32. The Labute approximate surface area is 156 Å². The lowest BCUT2D eigenvalue weighted by molar-refractivity contribution is -0.116. The number of aryl methyl sites for hydroxylation is 1. The predicted molar refractivity (Wildman–Crippen MR) is 89.9 cm³/mol. The quantitative estimate of drug-likeness (QED) is 0.708. The van der Waals surface area contributed by atoms with Crippen LogP contribution in [0, 0.1) is 12.7 Å². The molecule has 0 spiro atoms. The number of Topliss-reactive ketones (excluding diaryl/α,β-unsaturated/α-hetero) is 1. The van der Waals surface area contributed by atoms with Crippen LogP contribution in [0.3, 0.4) is 0 Å². The first-order valence-electron chi connectivity index (χ1n) is 7.01. The second kappa shape index (κ2) is 9.00. The highest BCUT2D eigenvalue weighted by Crippen LogP contribution is 2.25. The SMILES string of the molecule is C=O.CC(=O)C(Cl)Cc1cc(-n2nc(C)n(C(F)F)c2=O)c(F)cc1Cl. The Kier molecular flexibility index (Phi) is 7.58. The minimum atomic E-state index is -3.11. The topological polar surface area (TPSA) is 74.0 Å². The number of hydrogen-bond donors (Lipinski definition) is 0. The summed E-state index contributed by atoms with van der Waals surface area (Å²) in [4.78, 5) is 31.3. The molecule has 0 amide bonds. The summed E-state index contributed by atoms with van der Waals surface area (Å²) in [5, 5.41) is 2.76. The molecule has 0 fully saturated rings. The van der Waals surface area contributed by atoms with E-state index in [1.54, 1.807) is 0 Å². The summed E-state index contributed by atoms with van der Waals surface area (Å²) >= 11 is 11.8. The van der Waals surface area contributed by atoms with Gasteiger partial charge in [0, 0.05) is 5.02 Å². The standard InChI is InChI=1S/C14H12Cl2F3N3O2.CH2O/c1-6(23)9(15)3-8-4-12(11(17)5-10(8)16)22-14(24)21(13(18)19)7(2)20-22;1-2/h4-5,9,13H,3H2,1-2H3;1H2. The number of hydrogen-bond acceptors (Lipinski definition) is 4. The van der Waals surface area contributed by atoms with Gasteiger partial charge in [-0.2, -0.15) is 13.5 Å². The highest BCUT2D eigenvalue weighted by Gasteiger charge is 2.22. The van der Waals surface area contributed by atoms with E-state index in [0.717, 1.165) is 6.07 Å². The summed E-state index contributed by atoms with van der Waals surface area (Å²) in [5.74, 6) is -1.50. The summed E-state index contributed by atoms with van der Waals surface area (Å²) in [5.41, 5.74) is -1.25. The normalized spacial score (nSPS) is 11.8. The number of aromatic nitrogens is 3. The largest absolute Gasteiger partial charge is 0.355 e. The van der Waals surface area contributed by atoms with Crippen LogP contribution in [0.15, 0.2) is 16.9 Å². The van der Waals surface area contributed by atoms with Crippen LogP contribution in [0.5, 0.6) is 0 Å². The molecule has 1 atom stereocenters. The van der Waals surface area contributed by atoms with Gasteiger partial charge in [0.25, 0.3) is 0 Å². The van der Waals surface area contributed by atoms with Gasteiger partial charge in [0.15, 0.2) is 5.82 Å². The highest BCUT2D eigenvalue weighted by atomic mass is 35.5. The van der Waals surface area contributed by atoms with Gasteiger partial charge in [-0.25, -0.2) is 13.8 Å². The summed E-state index contributed by atoms with van der Waals surface area (Å²) in [6.45, 7) is 1.38. The number of benzene rings is 1. The van der Waals surface area contributed by atoms with Gasteiger partial charge >= 0.3 is 12.2 Å². The van der Waals surface area contributed by atoms with Gasteiger partial charge in [0.1, 0.15) is 24.1 Å². The van der Waals surface area contributed by atoms with E-state index in [9.17, 15) is 22.8 Å². The van der Waals surface area contributed by atoms with Gasteiger partial charge in [0.2, 0.25) is 0 Å². The van der Waals surface area contributed by atoms with Gasteiger partial charge in [0.05, 0.1) is 5.38 Å². The smallest absolute Gasteiger partial charge is 0.307 e. The van der Waals surface area contributed by atoms with Crippen molar-refractivity contribution in [2.75, 3.05) is 0 Å². The van der Waals surface area contributed by atoms with E-state index in [1.807, 2.05) is 6.79 Å². The second-order valence-corrected chi connectivity index (χ2v) is 6.00. The summed E-state index contributed by atoms with van der Waals surface area (Å²) in [6, 6.07) is 2.08. The lowest BCUT2D eigenvalue weighted by atomic mass is 10.1. The number of ketones is 1. The molecular weight excluding hydrogens is 398 g/mol. The Balaban J connectivity index is 0.00000163. The average Bonchev–Trinajstić information content (AvgIpc) is 2.86. The summed E-state index contributed by atoms with van der Waals surface area (Å²) < 4.78 is 40.5. The van der Waals surface area contributed by atoms with Crippen LogP contribution in [0.25, 0.3) is 5.69 Å². The lowest BCUT2D eigenvalue weighted by Crippen LogP contribution is -2.25. The monoisotopic (exact) mass is 411 g/mol. The van der Waals surface area contributed by atoms with Crippen molar-refractivity contribution in [3.05, 3.63) is 44.8 Å². The van der Waals surface area contributed by atoms with E-state index >= 15 is 0 Å². The minimum Gasteiger partial charge on any atom is -0.307 e. The zero-order valence-electron chi connectivity index (χ0n) is 13.7. The molecule has 0 aliphatic heterocycles. The maximum absolute atomic E-state index is 14.2. The molecule has 0 saturated carbocycles. The minimum absolute atomic E-state index is 0.00112. The molecule has 26 heavy (non-hydrogen) atoms. The number of rotatable bonds is 5. The third-order valence-electron chi connectivity index (χ3n) is 3.36. The van der Waals surface area contributed by atoms with Crippen LogP contribution in [0.2, 0.25) is 5.02 Å². The van der Waals surface area contributed by atoms with Gasteiger partial charge in [-0.1, -0.05) is 11.6 Å². The Hall–Kier alpha value is -2.13. The maximum Gasteiger partial charge on any atom is 0.355 e. The van der Waals surface area contributed by atoms with Crippen molar-refractivity contribution in [2.45, 2.75) is 32.2 Å². The number of carbonyl (C=O) groups excluding carboxylic acids is 2. The van der Waals surface area contributed by atoms with Crippen molar-refractivity contribution in [1.29, 1.82) is 0 Å². The van der Waals surface area contributed by atoms with E-state index in [2.05, 4.69) is 5.10 Å².